The van der Waals surface area contributed by atoms with Gasteiger partial charge >= 0.3 is 43.7 Å². The molecule has 238 valence electrons. The van der Waals surface area contributed by atoms with E-state index in [-0.39, 0.29) is 52.0 Å². The molecule has 0 saturated heterocycles. The van der Waals surface area contributed by atoms with Crippen LogP contribution < -0.4 is 24.8 Å². The Kier molecular flexibility index (Phi) is 12.1. The average molecular weight is 678 g/mol. The number of benzene rings is 3. The zero-order chi connectivity index (χ0) is 32.0. The van der Waals surface area contributed by atoms with E-state index in [9.17, 15) is 18.8 Å². The molecule has 0 spiro atoms. The number of aliphatic carboxylic acids is 1. The summed E-state index contributed by atoms with van der Waals surface area (Å²) in [5.74, 6) is -0.373. The van der Waals surface area contributed by atoms with E-state index in [0.29, 0.717) is 77.6 Å². The van der Waals surface area contributed by atoms with Gasteiger partial charge in [0.05, 0.1) is 24.3 Å². The number of methoxy groups -OCH3 is 1. The van der Waals surface area contributed by atoms with Crippen LogP contribution in [0.5, 0.6) is 23.0 Å². The van der Waals surface area contributed by atoms with E-state index >= 15 is 0 Å². The predicted octanol–water partition coefficient (Wildman–Crippen LogP) is 7.05. The number of ether oxygens (including phenoxy) is 3. The van der Waals surface area contributed by atoms with Gasteiger partial charge in [0.25, 0.3) is 0 Å². The molecule has 3 aromatic carbocycles. The standard InChI is InChI=1S/C33H31ClFN3O7.Ca.2H/c1-43-28-18-23-25(19-29(28)44-16-4-2-3-5-30(39)40)36-15-12-26(23)45-27-11-10-22(17-24(27)34)38-32(42)33(13-14-33)31(41)37-21-8-6-20(35)7-9-21;;;/h6-12,15,17-19H,2-5,13-14,16H2,1H3,(H,37,41)(H,38,42)(H,39,40);;;/q;+2;2*-1. The fraction of sp³-hybridized carbons (Fsp3) is 0.273. The third-order valence-corrected chi connectivity index (χ3v) is 7.71. The number of nitrogens with zero attached hydrogens (tertiary/aromatic N) is 1. The van der Waals surface area contributed by atoms with Gasteiger partial charge in [0, 0.05) is 35.4 Å². The van der Waals surface area contributed by atoms with Gasteiger partial charge in [0.2, 0.25) is 11.8 Å². The van der Waals surface area contributed by atoms with Crippen molar-refractivity contribution < 1.29 is 40.9 Å². The first kappa shape index (κ1) is 35.2. The molecule has 1 aliphatic carbocycles. The number of carboxylic acid groups (broad SMARTS) is 1. The maximum Gasteiger partial charge on any atom is 2.00 e. The molecule has 1 fully saturated rings. The third-order valence-electron chi connectivity index (χ3n) is 7.41. The average Bonchev–Trinajstić information content (AvgIpc) is 3.83. The molecule has 3 N–H and O–H groups in total. The number of pyridine rings is 1. The molecule has 2 amide bonds. The number of halogens is 2. The zero-order valence-corrected chi connectivity index (χ0v) is 28.1. The summed E-state index contributed by atoms with van der Waals surface area (Å²) in [6, 6.07) is 15.3. The molecule has 0 radical (unpaired) electrons. The number of carbonyl (C=O) groups is 3. The van der Waals surface area contributed by atoms with E-state index in [4.69, 9.17) is 30.9 Å². The molecule has 1 saturated carbocycles. The molecule has 1 heterocycles. The Hall–Kier alpha value is -3.64. The van der Waals surface area contributed by atoms with Crippen LogP contribution in [0.2, 0.25) is 5.02 Å². The third kappa shape index (κ3) is 8.58. The van der Waals surface area contributed by atoms with E-state index in [0.717, 1.165) is 6.42 Å². The number of unbranched alkanes of at least 4 members (excludes halogenated alkanes) is 2. The number of aromatic nitrogens is 1. The summed E-state index contributed by atoms with van der Waals surface area (Å²) in [4.78, 5) is 41.1. The molecular weight excluding hydrogens is 645 g/mol. The molecule has 5 rings (SSSR count). The van der Waals surface area contributed by atoms with Crippen LogP contribution >= 0.6 is 11.6 Å². The molecule has 10 nitrogen and oxygen atoms in total. The number of carboxylic acids is 1. The fourth-order valence-electron chi connectivity index (χ4n) is 4.72. The number of hydrogen-bond acceptors (Lipinski definition) is 7. The van der Waals surface area contributed by atoms with Crippen molar-refractivity contribution in [3.8, 4) is 23.0 Å². The van der Waals surface area contributed by atoms with Crippen molar-refractivity contribution in [2.75, 3.05) is 24.4 Å². The van der Waals surface area contributed by atoms with Gasteiger partial charge in [0.1, 0.15) is 22.7 Å². The van der Waals surface area contributed by atoms with Crippen LogP contribution in [0, 0.1) is 11.2 Å². The molecule has 1 aromatic heterocycles. The molecule has 0 atom stereocenters. The second-order valence-corrected chi connectivity index (χ2v) is 11.0. The van der Waals surface area contributed by atoms with Gasteiger partial charge in [-0.3, -0.25) is 19.4 Å². The minimum Gasteiger partial charge on any atom is -1.00 e. The van der Waals surface area contributed by atoms with Crippen molar-refractivity contribution in [3.05, 3.63) is 77.7 Å². The number of amides is 2. The number of fused-ring (bicyclic) bond motifs is 1. The van der Waals surface area contributed by atoms with Gasteiger partial charge in [-0.05, 0) is 86.7 Å². The van der Waals surface area contributed by atoms with E-state index in [1.54, 1.807) is 36.5 Å². The van der Waals surface area contributed by atoms with E-state index in [2.05, 4.69) is 15.6 Å². The summed E-state index contributed by atoms with van der Waals surface area (Å²) < 4.78 is 30.8. The van der Waals surface area contributed by atoms with Crippen molar-refractivity contribution in [2.24, 2.45) is 5.41 Å². The van der Waals surface area contributed by atoms with Crippen molar-refractivity contribution in [2.45, 2.75) is 38.5 Å². The summed E-state index contributed by atoms with van der Waals surface area (Å²) in [5.41, 5.74) is 0.181. The van der Waals surface area contributed by atoms with Crippen LogP contribution in [0.15, 0.2) is 66.9 Å². The molecule has 4 aromatic rings. The van der Waals surface area contributed by atoms with Gasteiger partial charge in [-0.2, -0.15) is 0 Å². The predicted molar refractivity (Wildman–Crippen MR) is 175 cm³/mol. The van der Waals surface area contributed by atoms with Crippen LogP contribution in [-0.4, -0.2) is 79.3 Å². The molecular formula is C33H33CaClFN3O7. The van der Waals surface area contributed by atoms with Crippen LogP contribution in [0.4, 0.5) is 15.8 Å². The van der Waals surface area contributed by atoms with Gasteiger partial charge in [-0.25, -0.2) is 4.39 Å². The second kappa shape index (κ2) is 15.8. The number of rotatable bonds is 14. The quantitative estimate of drug-likeness (QED) is 0.0734. The fourth-order valence-corrected chi connectivity index (χ4v) is 4.94. The smallest absolute Gasteiger partial charge is 1.00 e. The number of nitrogens with one attached hydrogen (secondary N) is 2. The van der Waals surface area contributed by atoms with Gasteiger partial charge in [-0.15, -0.1) is 0 Å². The molecule has 0 bridgehead atoms. The first-order chi connectivity index (χ1) is 21.7. The molecule has 1 aliphatic rings. The minimum absolute atomic E-state index is 0. The summed E-state index contributed by atoms with van der Waals surface area (Å²) in [6.45, 7) is 0.399. The first-order valence-electron chi connectivity index (χ1n) is 14.4. The largest absolute Gasteiger partial charge is 2.00 e. The van der Waals surface area contributed by atoms with E-state index in [1.165, 1.54) is 37.4 Å². The molecule has 46 heavy (non-hydrogen) atoms. The monoisotopic (exact) mass is 677 g/mol. The van der Waals surface area contributed by atoms with Crippen LogP contribution in [-0.2, 0) is 14.4 Å². The summed E-state index contributed by atoms with van der Waals surface area (Å²) in [6.07, 6.45) is 4.51. The van der Waals surface area contributed by atoms with Crippen molar-refractivity contribution in [1.82, 2.24) is 4.98 Å². The van der Waals surface area contributed by atoms with Crippen LogP contribution in [0.1, 0.15) is 41.4 Å². The molecule has 0 aliphatic heterocycles. The van der Waals surface area contributed by atoms with Gasteiger partial charge in [0.15, 0.2) is 11.5 Å². The zero-order valence-electron chi connectivity index (χ0n) is 27.1. The Morgan fingerprint density at radius 3 is 2.26 bits per heavy atom. The van der Waals surface area contributed by atoms with Crippen molar-refractivity contribution in [1.29, 1.82) is 0 Å². The maximum atomic E-state index is 13.2. The normalized spacial score (nSPS) is 12.8. The Bertz CT molecular complexity index is 1750. The van der Waals surface area contributed by atoms with Crippen molar-refractivity contribution in [3.63, 3.8) is 0 Å². The summed E-state index contributed by atoms with van der Waals surface area (Å²) in [5, 5.41) is 15.1. The first-order valence-corrected chi connectivity index (χ1v) is 14.7. The minimum atomic E-state index is -1.21. The number of carbonyl (C=O) groups excluding carboxylic acids is 2. The van der Waals surface area contributed by atoms with Crippen LogP contribution in [0.3, 0.4) is 0 Å². The van der Waals surface area contributed by atoms with Gasteiger partial charge < -0.3 is 32.8 Å². The summed E-state index contributed by atoms with van der Waals surface area (Å²) >= 11 is 6.54. The van der Waals surface area contributed by atoms with E-state index in [1.807, 2.05) is 0 Å². The van der Waals surface area contributed by atoms with Crippen LogP contribution in [0.25, 0.3) is 10.9 Å². The Balaban J connectivity index is 0.00000267. The SMILES string of the molecule is COc1cc2c(Oc3ccc(NC(=O)C4(C(=O)Nc5ccc(F)cc5)CC4)cc3Cl)ccnc2cc1OCCCCCC(=O)O.[Ca+2].[H-].[H-]. The Morgan fingerprint density at radius 1 is 0.913 bits per heavy atom. The Morgan fingerprint density at radius 2 is 1.61 bits per heavy atom. The second-order valence-electron chi connectivity index (χ2n) is 10.6. The Labute approximate surface area is 302 Å². The maximum absolute atomic E-state index is 13.2. The molecule has 0 unspecified atom stereocenters. The van der Waals surface area contributed by atoms with Crippen molar-refractivity contribution >= 4 is 89.4 Å². The molecule has 13 heteroatoms. The van der Waals surface area contributed by atoms with Gasteiger partial charge in [-0.1, -0.05) is 11.6 Å². The number of anilines is 2. The number of hydrogen-bond donors (Lipinski definition) is 3. The summed E-state index contributed by atoms with van der Waals surface area (Å²) in [7, 11) is 1.53. The van der Waals surface area contributed by atoms with E-state index < -0.39 is 29.0 Å². The topological polar surface area (TPSA) is 136 Å².